The van der Waals surface area contributed by atoms with Gasteiger partial charge in [-0.1, -0.05) is 54.6 Å². The maximum atomic E-state index is 11.9. The molecule has 1 N–H and O–H groups in total. The number of rotatable bonds is 6. The number of halogens is 2. The van der Waals surface area contributed by atoms with Crippen LogP contribution in [0.5, 0.6) is 0 Å². The van der Waals surface area contributed by atoms with E-state index in [0.29, 0.717) is 6.29 Å². The summed E-state index contributed by atoms with van der Waals surface area (Å²) >= 11 is 5.72. The van der Waals surface area contributed by atoms with Gasteiger partial charge < -0.3 is 5.32 Å². The number of hydrogen-bond acceptors (Lipinski definition) is 1. The van der Waals surface area contributed by atoms with Crippen molar-refractivity contribution < 1.29 is 4.79 Å². The van der Waals surface area contributed by atoms with Gasteiger partial charge in [0.25, 0.3) is 0 Å². The van der Waals surface area contributed by atoms with Crippen molar-refractivity contribution in [3.63, 3.8) is 0 Å². The smallest absolute Gasteiger partial charge is 0.237 e. The number of carbonyl (C=O) groups excluding carboxylic acids is 1. The molecule has 0 heterocycles. The van der Waals surface area contributed by atoms with Crippen molar-refractivity contribution in [2.24, 2.45) is 0 Å². The molecule has 5 heteroatoms. The van der Waals surface area contributed by atoms with Crippen molar-refractivity contribution in [3.05, 3.63) is 91.0 Å². The van der Waals surface area contributed by atoms with Gasteiger partial charge in [0, 0.05) is 0 Å². The molecule has 3 aromatic rings. The van der Waals surface area contributed by atoms with Crippen molar-refractivity contribution >= 4 is 53.1 Å². The molecule has 0 spiro atoms. The molecule has 0 unspecified atom stereocenters. The molecule has 0 fully saturated rings. The molecule has 2 nitrogen and oxygen atoms in total. The highest BCUT2D eigenvalue weighted by Gasteiger charge is 2.45. The summed E-state index contributed by atoms with van der Waals surface area (Å²) in [5, 5.41) is 6.76. The zero-order valence-corrected chi connectivity index (χ0v) is 16.7. The van der Waals surface area contributed by atoms with Gasteiger partial charge in [-0.05, 0) is 36.4 Å². The Labute approximate surface area is 166 Å². The molecule has 0 aromatic heterocycles. The monoisotopic (exact) mass is 404 g/mol. The number of alkyl halides is 1. The lowest BCUT2D eigenvalue weighted by Crippen LogP contribution is -2.40. The van der Waals surface area contributed by atoms with Crippen LogP contribution in [0.1, 0.15) is 0 Å². The average Bonchev–Trinajstić information content (AvgIpc) is 2.71. The third kappa shape index (κ3) is 4.27. The highest BCUT2D eigenvalue weighted by atomic mass is 35.5. The van der Waals surface area contributed by atoms with Crippen LogP contribution in [0.15, 0.2) is 91.0 Å². The number of carbonyl (C=O) groups is 1. The number of amides is 1. The summed E-state index contributed by atoms with van der Waals surface area (Å²) in [6.45, 7) is 0. The van der Waals surface area contributed by atoms with Gasteiger partial charge in [-0.3, -0.25) is 4.79 Å². The first-order valence-corrected chi connectivity index (χ1v) is 10.7. The second kappa shape index (κ2) is 9.73. The predicted octanol–water partition coefficient (Wildman–Crippen LogP) is 3.71. The summed E-state index contributed by atoms with van der Waals surface area (Å²) in [6, 6.07) is 31.3. The number of nitrogens with one attached hydrogen (secondary N) is 1. The first kappa shape index (κ1) is 20.5. The van der Waals surface area contributed by atoms with Crippen LogP contribution < -0.4 is 21.2 Å². The molecule has 3 aromatic carbocycles. The third-order valence-electron chi connectivity index (χ3n) is 4.23. The zero-order chi connectivity index (χ0) is 17.5. The molecule has 0 aliphatic heterocycles. The largest absolute Gasteiger partial charge is 0.322 e. The van der Waals surface area contributed by atoms with Crippen LogP contribution >= 0.6 is 31.3 Å². The Hall–Kier alpha value is -1.86. The summed E-state index contributed by atoms with van der Waals surface area (Å²) in [4.78, 5) is 11.9. The first-order valence-electron chi connectivity index (χ1n) is 8.15. The quantitative estimate of drug-likeness (QED) is 0.492. The van der Waals surface area contributed by atoms with Gasteiger partial charge in [0.05, 0.1) is 0 Å². The van der Waals surface area contributed by atoms with E-state index in [4.69, 9.17) is 11.6 Å². The minimum absolute atomic E-state index is 0. The molecule has 0 saturated heterocycles. The molecule has 26 heavy (non-hydrogen) atoms. The van der Waals surface area contributed by atoms with Crippen molar-refractivity contribution in [2.45, 2.75) is 0 Å². The van der Waals surface area contributed by atoms with E-state index in [-0.39, 0.29) is 24.2 Å². The lowest BCUT2D eigenvalue weighted by Gasteiger charge is -2.27. The summed E-state index contributed by atoms with van der Waals surface area (Å²) in [6.07, 6.45) is 0.552. The Bertz CT molecular complexity index is 717. The van der Waals surface area contributed by atoms with E-state index in [9.17, 15) is 4.79 Å². The van der Waals surface area contributed by atoms with E-state index in [1.165, 1.54) is 15.9 Å². The van der Waals surface area contributed by atoms with Crippen molar-refractivity contribution in [2.75, 3.05) is 12.2 Å². The molecule has 0 saturated carbocycles. The highest BCUT2D eigenvalue weighted by molar-refractivity contribution is 7.95. The van der Waals surface area contributed by atoms with Crippen LogP contribution in [0.2, 0.25) is 0 Å². The van der Waals surface area contributed by atoms with Crippen molar-refractivity contribution in [3.8, 4) is 0 Å². The van der Waals surface area contributed by atoms with Gasteiger partial charge in [0.15, 0.2) is 0 Å². The van der Waals surface area contributed by atoms with Gasteiger partial charge >= 0.3 is 0 Å². The van der Waals surface area contributed by atoms with Crippen LogP contribution in [-0.4, -0.2) is 18.1 Å². The van der Waals surface area contributed by atoms with Crippen molar-refractivity contribution in [1.82, 2.24) is 5.32 Å². The van der Waals surface area contributed by atoms with E-state index in [0.717, 1.165) is 0 Å². The van der Waals surface area contributed by atoms with Gasteiger partial charge in [0.2, 0.25) is 5.91 Å². The van der Waals surface area contributed by atoms with Gasteiger partial charge in [0.1, 0.15) is 35.3 Å². The van der Waals surface area contributed by atoms with Crippen LogP contribution in [0, 0.1) is 0 Å². The van der Waals surface area contributed by atoms with E-state index in [2.05, 4.69) is 78.1 Å². The normalized spacial score (nSPS) is 10.7. The van der Waals surface area contributed by atoms with Crippen LogP contribution in [0.4, 0.5) is 0 Å². The van der Waals surface area contributed by atoms with Gasteiger partial charge in [-0.15, -0.1) is 24.0 Å². The number of benzene rings is 3. The van der Waals surface area contributed by atoms with Crippen LogP contribution in [-0.2, 0) is 4.79 Å². The lowest BCUT2D eigenvalue weighted by atomic mass is 10.4. The summed E-state index contributed by atoms with van der Waals surface area (Å²) < 4.78 is 0. The minimum Gasteiger partial charge on any atom is -0.322 e. The fourth-order valence-electron chi connectivity index (χ4n) is 3.02. The van der Waals surface area contributed by atoms with E-state index >= 15 is 0 Å². The Morgan fingerprint density at radius 3 is 1.38 bits per heavy atom. The van der Waals surface area contributed by atoms with Crippen LogP contribution in [0.3, 0.4) is 0 Å². The lowest BCUT2D eigenvalue weighted by molar-refractivity contribution is -0.118. The summed E-state index contributed by atoms with van der Waals surface area (Å²) in [5.41, 5.74) is 0. The van der Waals surface area contributed by atoms with Gasteiger partial charge in [-0.2, -0.15) is 0 Å². The SMILES string of the molecule is Cl.O=C(CCl)NC[P+](c1ccccc1)(c1ccccc1)c1ccccc1. The Morgan fingerprint density at radius 2 is 1.08 bits per heavy atom. The molecule has 3 rings (SSSR count). The third-order valence-corrected chi connectivity index (χ3v) is 8.64. The Kier molecular flexibility index (Phi) is 7.66. The average molecular weight is 405 g/mol. The van der Waals surface area contributed by atoms with Crippen molar-refractivity contribution in [1.29, 1.82) is 0 Å². The van der Waals surface area contributed by atoms with E-state index < -0.39 is 7.26 Å². The highest BCUT2D eigenvalue weighted by Crippen LogP contribution is 2.54. The summed E-state index contributed by atoms with van der Waals surface area (Å²) in [7, 11) is -2.01. The molecule has 0 atom stereocenters. The van der Waals surface area contributed by atoms with E-state index in [1.807, 2.05) is 18.2 Å². The molecular formula is C21H21Cl2NOP+. The standard InChI is InChI=1S/C21H19ClNOP.ClH/c22-16-21(24)23-17-25(18-10-4-1-5-11-18,19-12-6-2-7-13-19)20-14-8-3-9-15-20;/h1-15H,16-17H2;1H/p+1. The second-order valence-electron chi connectivity index (χ2n) is 5.71. The fourth-order valence-corrected chi connectivity index (χ4v) is 7.02. The molecule has 0 aliphatic carbocycles. The molecule has 0 bridgehead atoms. The summed E-state index contributed by atoms with van der Waals surface area (Å²) in [5.74, 6) is -0.174. The Balaban J connectivity index is 0.00000243. The molecule has 1 amide bonds. The first-order chi connectivity index (χ1) is 12.3. The van der Waals surface area contributed by atoms with Crippen LogP contribution in [0.25, 0.3) is 0 Å². The minimum atomic E-state index is -2.01. The molecule has 0 aliphatic rings. The molecule has 134 valence electrons. The second-order valence-corrected chi connectivity index (χ2v) is 9.46. The predicted molar refractivity (Wildman–Crippen MR) is 116 cm³/mol. The zero-order valence-electron chi connectivity index (χ0n) is 14.2. The van der Waals surface area contributed by atoms with E-state index in [1.54, 1.807) is 0 Å². The molecular weight excluding hydrogens is 384 g/mol. The fraction of sp³-hybridized carbons (Fsp3) is 0.0952. The maximum Gasteiger partial charge on any atom is 0.237 e. The molecule has 0 radical (unpaired) electrons. The Morgan fingerprint density at radius 1 is 0.731 bits per heavy atom. The van der Waals surface area contributed by atoms with Gasteiger partial charge in [-0.25, -0.2) is 0 Å². The topological polar surface area (TPSA) is 29.1 Å². The number of hydrogen-bond donors (Lipinski definition) is 1. The maximum absolute atomic E-state index is 11.9.